The van der Waals surface area contributed by atoms with Crippen LogP contribution in [0.15, 0.2) is 36.9 Å². The Kier molecular flexibility index (Phi) is 4.37. The Bertz CT molecular complexity index is 333. The molecule has 0 heterocycles. The molecule has 1 rings (SSSR count). The molecule has 0 unspecified atom stereocenters. The Morgan fingerprint density at radius 1 is 1.50 bits per heavy atom. The van der Waals surface area contributed by atoms with Crippen LogP contribution in [0.4, 0.5) is 5.69 Å². The standard InChI is InChI=1S/C13H15N/c1-3-5-6-10-14-13-9-7-8-12(4-2)11-13/h2-3,7-9,11,14H,1,5-6,10H2. The zero-order valence-electron chi connectivity index (χ0n) is 8.29. The molecule has 0 aliphatic rings. The van der Waals surface area contributed by atoms with Crippen LogP contribution in [0.5, 0.6) is 0 Å². The summed E-state index contributed by atoms with van der Waals surface area (Å²) in [5, 5.41) is 3.31. The molecule has 0 atom stereocenters. The molecule has 0 spiro atoms. The van der Waals surface area contributed by atoms with Crippen molar-refractivity contribution in [3.8, 4) is 12.3 Å². The van der Waals surface area contributed by atoms with E-state index in [9.17, 15) is 0 Å². The van der Waals surface area contributed by atoms with Gasteiger partial charge in [0.05, 0.1) is 0 Å². The summed E-state index contributed by atoms with van der Waals surface area (Å²) in [6.07, 6.45) is 9.38. The monoisotopic (exact) mass is 185 g/mol. The molecule has 1 heteroatoms. The molecular weight excluding hydrogens is 170 g/mol. The van der Waals surface area contributed by atoms with Crippen molar-refractivity contribution in [2.24, 2.45) is 0 Å². The first-order valence-corrected chi connectivity index (χ1v) is 4.78. The van der Waals surface area contributed by atoms with E-state index in [2.05, 4.69) is 17.8 Å². The van der Waals surface area contributed by atoms with Crippen molar-refractivity contribution < 1.29 is 0 Å². The molecular formula is C13H15N. The number of unbranched alkanes of at least 4 members (excludes halogenated alkanes) is 1. The van der Waals surface area contributed by atoms with E-state index >= 15 is 0 Å². The molecule has 0 bridgehead atoms. The van der Waals surface area contributed by atoms with Crippen LogP contribution >= 0.6 is 0 Å². The van der Waals surface area contributed by atoms with Crippen molar-refractivity contribution in [2.75, 3.05) is 11.9 Å². The van der Waals surface area contributed by atoms with Crippen molar-refractivity contribution in [1.29, 1.82) is 0 Å². The minimum atomic E-state index is 0.915. The van der Waals surface area contributed by atoms with Gasteiger partial charge in [0.25, 0.3) is 0 Å². The maximum absolute atomic E-state index is 5.30. The molecule has 14 heavy (non-hydrogen) atoms. The zero-order chi connectivity index (χ0) is 10.2. The smallest absolute Gasteiger partial charge is 0.0352 e. The van der Waals surface area contributed by atoms with Crippen molar-refractivity contribution >= 4 is 5.69 Å². The quantitative estimate of drug-likeness (QED) is 0.422. The van der Waals surface area contributed by atoms with Gasteiger partial charge in [-0.1, -0.05) is 18.1 Å². The fourth-order valence-corrected chi connectivity index (χ4v) is 1.20. The zero-order valence-corrected chi connectivity index (χ0v) is 8.29. The van der Waals surface area contributed by atoms with Gasteiger partial charge in [0, 0.05) is 17.8 Å². The highest BCUT2D eigenvalue weighted by molar-refractivity contribution is 5.49. The largest absolute Gasteiger partial charge is 0.385 e. The molecule has 72 valence electrons. The summed E-state index contributed by atoms with van der Waals surface area (Å²) in [5.41, 5.74) is 2.00. The van der Waals surface area contributed by atoms with Crippen LogP contribution in [-0.4, -0.2) is 6.54 Å². The second kappa shape index (κ2) is 5.88. The van der Waals surface area contributed by atoms with Gasteiger partial charge >= 0.3 is 0 Å². The lowest BCUT2D eigenvalue weighted by Crippen LogP contribution is -2.00. The molecule has 1 nitrogen and oxygen atoms in total. The number of benzene rings is 1. The van der Waals surface area contributed by atoms with Gasteiger partial charge in [-0.3, -0.25) is 0 Å². The van der Waals surface area contributed by atoms with Crippen LogP contribution < -0.4 is 5.32 Å². The molecule has 0 fully saturated rings. The summed E-state index contributed by atoms with van der Waals surface area (Å²) < 4.78 is 0. The average molecular weight is 185 g/mol. The van der Waals surface area contributed by atoms with E-state index in [-0.39, 0.29) is 0 Å². The first-order valence-electron chi connectivity index (χ1n) is 4.78. The Hall–Kier alpha value is -1.68. The maximum Gasteiger partial charge on any atom is 0.0352 e. The molecule has 1 aromatic rings. The van der Waals surface area contributed by atoms with Gasteiger partial charge in [-0.05, 0) is 31.0 Å². The van der Waals surface area contributed by atoms with E-state index in [1.54, 1.807) is 0 Å². The van der Waals surface area contributed by atoms with E-state index < -0.39 is 0 Å². The molecule has 1 N–H and O–H groups in total. The van der Waals surface area contributed by atoms with Gasteiger partial charge in [0.1, 0.15) is 0 Å². The summed E-state index contributed by atoms with van der Waals surface area (Å²) in [7, 11) is 0. The minimum Gasteiger partial charge on any atom is -0.385 e. The van der Waals surface area contributed by atoms with Gasteiger partial charge in [0.2, 0.25) is 0 Å². The van der Waals surface area contributed by atoms with E-state index in [1.807, 2.05) is 30.3 Å². The molecule has 0 amide bonds. The van der Waals surface area contributed by atoms with Crippen LogP contribution in [0.1, 0.15) is 18.4 Å². The molecule has 0 aliphatic carbocycles. The Balaban J connectivity index is 2.43. The molecule has 0 radical (unpaired) electrons. The second-order valence-corrected chi connectivity index (χ2v) is 3.08. The first-order chi connectivity index (χ1) is 6.86. The summed E-state index contributed by atoms with van der Waals surface area (Å²) in [4.78, 5) is 0. The molecule has 0 saturated heterocycles. The predicted molar refractivity (Wildman–Crippen MR) is 62.3 cm³/mol. The third-order valence-corrected chi connectivity index (χ3v) is 1.94. The third kappa shape index (κ3) is 3.37. The van der Waals surface area contributed by atoms with Crippen molar-refractivity contribution in [3.63, 3.8) is 0 Å². The summed E-state index contributed by atoms with van der Waals surface area (Å²) >= 11 is 0. The van der Waals surface area contributed by atoms with Crippen LogP contribution in [-0.2, 0) is 0 Å². The normalized spacial score (nSPS) is 9.07. The fourth-order valence-electron chi connectivity index (χ4n) is 1.20. The van der Waals surface area contributed by atoms with Gasteiger partial charge in [-0.15, -0.1) is 13.0 Å². The highest BCUT2D eigenvalue weighted by Crippen LogP contribution is 2.09. The number of nitrogens with one attached hydrogen (secondary N) is 1. The number of allylic oxidation sites excluding steroid dienone is 1. The first kappa shape index (κ1) is 10.4. The van der Waals surface area contributed by atoms with E-state index in [4.69, 9.17) is 6.42 Å². The Morgan fingerprint density at radius 2 is 2.36 bits per heavy atom. The van der Waals surface area contributed by atoms with Crippen molar-refractivity contribution in [2.45, 2.75) is 12.8 Å². The van der Waals surface area contributed by atoms with Crippen LogP contribution in [0.3, 0.4) is 0 Å². The topological polar surface area (TPSA) is 12.0 Å². The highest BCUT2D eigenvalue weighted by atomic mass is 14.9. The fraction of sp³-hybridized carbons (Fsp3) is 0.231. The number of rotatable bonds is 5. The summed E-state index contributed by atoms with van der Waals surface area (Å²) in [5.74, 6) is 2.61. The van der Waals surface area contributed by atoms with Crippen LogP contribution in [0, 0.1) is 12.3 Å². The second-order valence-electron chi connectivity index (χ2n) is 3.08. The van der Waals surface area contributed by atoms with Gasteiger partial charge < -0.3 is 5.32 Å². The van der Waals surface area contributed by atoms with Gasteiger partial charge in [0.15, 0.2) is 0 Å². The highest BCUT2D eigenvalue weighted by Gasteiger charge is 1.91. The van der Waals surface area contributed by atoms with Crippen LogP contribution in [0.2, 0.25) is 0 Å². The molecule has 0 saturated carbocycles. The molecule has 1 aromatic carbocycles. The Morgan fingerprint density at radius 3 is 3.07 bits per heavy atom. The SMILES string of the molecule is C#Cc1cccc(NCCCC=C)c1. The average Bonchev–Trinajstić information content (AvgIpc) is 2.25. The maximum atomic E-state index is 5.30. The minimum absolute atomic E-state index is 0.915. The number of hydrogen-bond donors (Lipinski definition) is 1. The lowest BCUT2D eigenvalue weighted by molar-refractivity contribution is 0.891. The molecule has 0 aliphatic heterocycles. The third-order valence-electron chi connectivity index (χ3n) is 1.94. The summed E-state index contributed by atoms with van der Waals surface area (Å²) in [6.45, 7) is 4.64. The number of hydrogen-bond acceptors (Lipinski definition) is 1. The number of anilines is 1. The van der Waals surface area contributed by atoms with Crippen LogP contribution in [0.25, 0.3) is 0 Å². The molecule has 0 aromatic heterocycles. The lowest BCUT2D eigenvalue weighted by Gasteiger charge is -2.05. The Labute approximate surface area is 85.8 Å². The summed E-state index contributed by atoms with van der Waals surface area (Å²) in [6, 6.07) is 7.89. The van der Waals surface area contributed by atoms with Gasteiger partial charge in [-0.25, -0.2) is 0 Å². The predicted octanol–water partition coefficient (Wildman–Crippen LogP) is 3.05. The number of terminal acetylenes is 1. The van der Waals surface area contributed by atoms with E-state index in [0.717, 1.165) is 30.6 Å². The van der Waals surface area contributed by atoms with Crippen molar-refractivity contribution in [3.05, 3.63) is 42.5 Å². The van der Waals surface area contributed by atoms with E-state index in [1.165, 1.54) is 0 Å². The van der Waals surface area contributed by atoms with Gasteiger partial charge in [-0.2, -0.15) is 0 Å². The lowest BCUT2D eigenvalue weighted by atomic mass is 10.2. The van der Waals surface area contributed by atoms with Crippen molar-refractivity contribution in [1.82, 2.24) is 0 Å². The van der Waals surface area contributed by atoms with E-state index in [0.29, 0.717) is 0 Å².